The van der Waals surface area contributed by atoms with E-state index in [1.807, 2.05) is 6.92 Å². The number of thiazole rings is 1. The van der Waals surface area contributed by atoms with Gasteiger partial charge in [-0.1, -0.05) is 0 Å². The van der Waals surface area contributed by atoms with Crippen molar-refractivity contribution in [3.8, 4) is 0 Å². The Balaban J connectivity index is 1.84. The summed E-state index contributed by atoms with van der Waals surface area (Å²) in [4.78, 5) is 4.46. The van der Waals surface area contributed by atoms with E-state index in [4.69, 9.17) is 0 Å². The van der Waals surface area contributed by atoms with Crippen LogP contribution in [0.3, 0.4) is 0 Å². The van der Waals surface area contributed by atoms with Crippen molar-refractivity contribution in [1.82, 2.24) is 10.3 Å². The zero-order valence-electron chi connectivity index (χ0n) is 8.21. The molecule has 1 N–H and O–H groups in total. The van der Waals surface area contributed by atoms with Crippen LogP contribution in [-0.4, -0.2) is 11.5 Å². The second-order valence-corrected chi connectivity index (χ2v) is 4.79. The van der Waals surface area contributed by atoms with Gasteiger partial charge in [-0.05, 0) is 39.2 Å². The van der Waals surface area contributed by atoms with E-state index in [2.05, 4.69) is 22.6 Å². The number of nitrogens with zero attached hydrogens (tertiary/aromatic N) is 1. The zero-order chi connectivity index (χ0) is 9.26. The lowest BCUT2D eigenvalue weighted by atomic mass is 10.3. The maximum atomic E-state index is 4.46. The highest BCUT2D eigenvalue weighted by atomic mass is 32.1. The molecule has 1 atom stereocenters. The highest BCUT2D eigenvalue weighted by Crippen LogP contribution is 2.28. The molecule has 1 heterocycles. The summed E-state index contributed by atoms with van der Waals surface area (Å²) >= 11 is 1.76. The van der Waals surface area contributed by atoms with Crippen molar-refractivity contribution in [3.05, 3.63) is 16.1 Å². The zero-order valence-corrected chi connectivity index (χ0v) is 9.03. The summed E-state index contributed by atoms with van der Waals surface area (Å²) in [6, 6.07) is 0.430. The van der Waals surface area contributed by atoms with E-state index in [9.17, 15) is 0 Å². The van der Waals surface area contributed by atoms with Crippen molar-refractivity contribution in [2.75, 3.05) is 6.54 Å². The summed E-state index contributed by atoms with van der Waals surface area (Å²) in [6.45, 7) is 5.41. The van der Waals surface area contributed by atoms with Crippen molar-refractivity contribution >= 4 is 11.3 Å². The molecule has 0 spiro atoms. The number of aryl methyl sites for hydroxylation is 1. The Morgan fingerprint density at radius 2 is 2.46 bits per heavy atom. The molecule has 3 heteroatoms. The molecule has 1 aromatic rings. The molecule has 1 aromatic heterocycles. The van der Waals surface area contributed by atoms with E-state index in [-0.39, 0.29) is 0 Å². The smallest absolute Gasteiger partial charge is 0.110 e. The molecule has 1 aliphatic rings. The van der Waals surface area contributed by atoms with Gasteiger partial charge in [0.2, 0.25) is 0 Å². The molecule has 2 nitrogen and oxygen atoms in total. The monoisotopic (exact) mass is 196 g/mol. The fraction of sp³-hybridized carbons (Fsp3) is 0.700. The fourth-order valence-electron chi connectivity index (χ4n) is 1.32. The molecule has 1 unspecified atom stereocenters. The van der Waals surface area contributed by atoms with Gasteiger partial charge in [-0.25, -0.2) is 4.98 Å². The first kappa shape index (κ1) is 9.16. The third-order valence-corrected chi connectivity index (χ3v) is 3.56. The van der Waals surface area contributed by atoms with E-state index in [1.165, 1.54) is 24.4 Å². The van der Waals surface area contributed by atoms with Crippen LogP contribution in [0.15, 0.2) is 5.38 Å². The van der Waals surface area contributed by atoms with Crippen LogP contribution >= 0.6 is 11.3 Å². The summed E-state index contributed by atoms with van der Waals surface area (Å²) in [7, 11) is 0. The van der Waals surface area contributed by atoms with Crippen molar-refractivity contribution in [3.63, 3.8) is 0 Å². The van der Waals surface area contributed by atoms with E-state index in [1.54, 1.807) is 11.3 Å². The maximum absolute atomic E-state index is 4.46. The minimum absolute atomic E-state index is 0.430. The molecule has 0 aliphatic heterocycles. The highest BCUT2D eigenvalue weighted by Gasteiger charge is 2.21. The van der Waals surface area contributed by atoms with Gasteiger partial charge in [0, 0.05) is 11.1 Å². The Morgan fingerprint density at radius 3 is 3.00 bits per heavy atom. The number of hydrogen-bond donors (Lipinski definition) is 1. The summed E-state index contributed by atoms with van der Waals surface area (Å²) in [5.74, 6) is 0.948. The molecule has 2 rings (SSSR count). The number of rotatable bonds is 4. The van der Waals surface area contributed by atoms with Crippen molar-refractivity contribution in [2.24, 2.45) is 5.92 Å². The topological polar surface area (TPSA) is 24.9 Å². The van der Waals surface area contributed by atoms with Gasteiger partial charge in [0.25, 0.3) is 0 Å². The number of hydrogen-bond acceptors (Lipinski definition) is 3. The third-order valence-electron chi connectivity index (χ3n) is 2.42. The first-order valence-electron chi connectivity index (χ1n) is 4.91. The molecule has 0 bridgehead atoms. The van der Waals surface area contributed by atoms with Crippen LogP contribution in [0.25, 0.3) is 0 Å². The van der Waals surface area contributed by atoms with Crippen molar-refractivity contribution in [2.45, 2.75) is 32.7 Å². The molecular weight excluding hydrogens is 180 g/mol. The van der Waals surface area contributed by atoms with E-state index >= 15 is 0 Å². The molecule has 0 amide bonds. The second-order valence-electron chi connectivity index (χ2n) is 3.90. The Hall–Kier alpha value is -0.410. The summed E-state index contributed by atoms with van der Waals surface area (Å²) in [5, 5.41) is 6.86. The van der Waals surface area contributed by atoms with Crippen LogP contribution in [0.1, 0.15) is 36.5 Å². The van der Waals surface area contributed by atoms with Gasteiger partial charge in [-0.3, -0.25) is 0 Å². The third kappa shape index (κ3) is 2.51. The quantitative estimate of drug-likeness (QED) is 0.800. The SMILES string of the molecule is Cc1csc(C(C)NCC2CC2)n1. The first-order valence-corrected chi connectivity index (χ1v) is 5.79. The normalized spacial score (nSPS) is 18.9. The lowest BCUT2D eigenvalue weighted by Crippen LogP contribution is -2.20. The Kier molecular flexibility index (Phi) is 2.65. The standard InChI is InChI=1S/C10H16N2S/c1-7-6-13-10(12-7)8(2)11-5-9-3-4-9/h6,8-9,11H,3-5H2,1-2H3. The Bertz CT molecular complexity index is 278. The highest BCUT2D eigenvalue weighted by molar-refractivity contribution is 7.09. The van der Waals surface area contributed by atoms with Crippen LogP contribution in [0, 0.1) is 12.8 Å². The Morgan fingerprint density at radius 1 is 1.69 bits per heavy atom. The lowest BCUT2D eigenvalue weighted by molar-refractivity contribution is 0.546. The number of aromatic nitrogens is 1. The van der Waals surface area contributed by atoms with Gasteiger partial charge in [0.1, 0.15) is 5.01 Å². The minimum Gasteiger partial charge on any atom is -0.308 e. The first-order chi connectivity index (χ1) is 6.25. The summed E-state index contributed by atoms with van der Waals surface area (Å²) in [6.07, 6.45) is 2.83. The van der Waals surface area contributed by atoms with Gasteiger partial charge < -0.3 is 5.32 Å². The Labute approximate surface area is 83.4 Å². The van der Waals surface area contributed by atoms with Crippen LogP contribution in [0.2, 0.25) is 0 Å². The van der Waals surface area contributed by atoms with Gasteiger partial charge in [-0.2, -0.15) is 0 Å². The second kappa shape index (κ2) is 3.76. The largest absolute Gasteiger partial charge is 0.308 e. The average Bonchev–Trinajstić information content (AvgIpc) is 2.84. The van der Waals surface area contributed by atoms with Gasteiger partial charge in [-0.15, -0.1) is 11.3 Å². The molecule has 13 heavy (non-hydrogen) atoms. The van der Waals surface area contributed by atoms with Crippen LogP contribution < -0.4 is 5.32 Å². The minimum atomic E-state index is 0.430. The van der Waals surface area contributed by atoms with Crippen molar-refractivity contribution < 1.29 is 0 Å². The summed E-state index contributed by atoms with van der Waals surface area (Å²) < 4.78 is 0. The van der Waals surface area contributed by atoms with Crippen LogP contribution in [0.4, 0.5) is 0 Å². The molecule has 72 valence electrons. The van der Waals surface area contributed by atoms with Gasteiger partial charge >= 0.3 is 0 Å². The van der Waals surface area contributed by atoms with Crippen molar-refractivity contribution in [1.29, 1.82) is 0 Å². The van der Waals surface area contributed by atoms with E-state index in [0.29, 0.717) is 6.04 Å². The predicted octanol–water partition coefficient (Wildman–Crippen LogP) is 2.51. The lowest BCUT2D eigenvalue weighted by Gasteiger charge is -2.09. The van der Waals surface area contributed by atoms with Crippen LogP contribution in [-0.2, 0) is 0 Å². The fourth-order valence-corrected chi connectivity index (χ4v) is 2.15. The molecule has 1 fully saturated rings. The average molecular weight is 196 g/mol. The molecule has 0 aromatic carbocycles. The van der Waals surface area contributed by atoms with E-state index < -0.39 is 0 Å². The predicted molar refractivity (Wildman–Crippen MR) is 56.0 cm³/mol. The van der Waals surface area contributed by atoms with E-state index in [0.717, 1.165) is 11.6 Å². The maximum Gasteiger partial charge on any atom is 0.110 e. The van der Waals surface area contributed by atoms with Crippen LogP contribution in [0.5, 0.6) is 0 Å². The van der Waals surface area contributed by atoms with Gasteiger partial charge in [0.05, 0.1) is 6.04 Å². The van der Waals surface area contributed by atoms with Gasteiger partial charge in [0.15, 0.2) is 0 Å². The molecular formula is C10H16N2S. The molecule has 1 aliphatic carbocycles. The number of nitrogens with one attached hydrogen (secondary N) is 1. The summed E-state index contributed by atoms with van der Waals surface area (Å²) in [5.41, 5.74) is 1.14. The molecule has 1 saturated carbocycles. The molecule has 0 radical (unpaired) electrons. The molecule has 0 saturated heterocycles.